The number of anilines is 2. The zero-order valence-corrected chi connectivity index (χ0v) is 23.2. The first-order chi connectivity index (χ1) is 19.3. The van der Waals surface area contributed by atoms with Crippen molar-refractivity contribution >= 4 is 29.2 Å². The van der Waals surface area contributed by atoms with Crippen molar-refractivity contribution in [1.29, 1.82) is 0 Å². The smallest absolute Gasteiger partial charge is 0.248 e. The van der Waals surface area contributed by atoms with Crippen LogP contribution in [0.5, 0.6) is 0 Å². The average molecular weight is 545 g/mol. The van der Waals surface area contributed by atoms with E-state index in [-0.39, 0.29) is 36.6 Å². The number of benzene rings is 2. The van der Waals surface area contributed by atoms with Gasteiger partial charge in [-0.15, -0.1) is 0 Å². The first-order valence-electron chi connectivity index (χ1n) is 14.0. The lowest BCUT2D eigenvalue weighted by molar-refractivity contribution is -0.127. The van der Waals surface area contributed by atoms with Crippen molar-refractivity contribution in [2.45, 2.75) is 77.3 Å². The maximum Gasteiger partial charge on any atom is 0.248 e. The molecule has 0 saturated heterocycles. The van der Waals surface area contributed by atoms with Gasteiger partial charge in [-0.25, -0.2) is 9.37 Å². The molecule has 1 heterocycles. The number of pyridine rings is 1. The lowest BCUT2D eigenvalue weighted by Gasteiger charge is -2.34. The van der Waals surface area contributed by atoms with Gasteiger partial charge >= 0.3 is 0 Å². The fraction of sp³-hybridized carbons (Fsp3) is 0.375. The summed E-state index contributed by atoms with van der Waals surface area (Å²) in [4.78, 5) is 45.9. The highest BCUT2D eigenvalue weighted by Gasteiger charge is 2.34. The minimum Gasteiger partial charge on any atom is -0.351 e. The molecule has 1 saturated carbocycles. The maximum absolute atomic E-state index is 13.9. The van der Waals surface area contributed by atoms with Crippen LogP contribution >= 0.6 is 0 Å². The molecule has 1 fully saturated rings. The second-order valence-electron chi connectivity index (χ2n) is 10.5. The molecule has 1 aromatic heterocycles. The van der Waals surface area contributed by atoms with E-state index in [0.717, 1.165) is 43.2 Å². The monoisotopic (exact) mass is 544 g/mol. The number of amides is 3. The average Bonchev–Trinajstić information content (AvgIpc) is 2.92. The molecule has 2 N–H and O–H groups in total. The zero-order valence-electron chi connectivity index (χ0n) is 23.2. The van der Waals surface area contributed by atoms with Crippen molar-refractivity contribution in [1.82, 2.24) is 10.3 Å². The van der Waals surface area contributed by atoms with Gasteiger partial charge in [-0.3, -0.25) is 19.3 Å². The number of halogens is 1. The fourth-order valence-corrected chi connectivity index (χ4v) is 5.28. The summed E-state index contributed by atoms with van der Waals surface area (Å²) < 4.78 is 13.9. The van der Waals surface area contributed by atoms with Gasteiger partial charge < -0.3 is 10.6 Å². The third kappa shape index (κ3) is 7.97. The van der Waals surface area contributed by atoms with Gasteiger partial charge in [0.1, 0.15) is 17.7 Å². The third-order valence-corrected chi connectivity index (χ3v) is 7.12. The Kier molecular flexibility index (Phi) is 10.00. The van der Waals surface area contributed by atoms with Crippen molar-refractivity contribution < 1.29 is 18.8 Å². The van der Waals surface area contributed by atoms with Crippen molar-refractivity contribution in [3.63, 3.8) is 0 Å². The van der Waals surface area contributed by atoms with Gasteiger partial charge in [0.15, 0.2) is 0 Å². The van der Waals surface area contributed by atoms with Crippen molar-refractivity contribution in [3.05, 3.63) is 89.4 Å². The second-order valence-corrected chi connectivity index (χ2v) is 10.5. The number of carbonyl (C=O) groups is 3. The van der Waals surface area contributed by atoms with Crippen molar-refractivity contribution in [3.8, 4) is 0 Å². The van der Waals surface area contributed by atoms with Gasteiger partial charge in [-0.2, -0.15) is 0 Å². The number of aryl methyl sites for hydroxylation is 2. The molecular weight excluding hydrogens is 507 g/mol. The highest BCUT2D eigenvalue weighted by molar-refractivity contribution is 6.01. The Balaban J connectivity index is 1.60. The largest absolute Gasteiger partial charge is 0.351 e. The molecule has 7 nitrogen and oxygen atoms in total. The molecule has 3 aromatic rings. The van der Waals surface area contributed by atoms with E-state index in [0.29, 0.717) is 23.5 Å². The van der Waals surface area contributed by atoms with E-state index in [1.807, 2.05) is 32.0 Å². The lowest BCUT2D eigenvalue weighted by Crippen LogP contribution is -2.47. The summed E-state index contributed by atoms with van der Waals surface area (Å²) in [5.41, 5.74) is 3.02. The summed E-state index contributed by atoms with van der Waals surface area (Å²) in [6.45, 7) is 3.88. The molecule has 40 heavy (non-hydrogen) atoms. The molecule has 0 aliphatic heterocycles. The Morgan fingerprint density at radius 1 is 0.950 bits per heavy atom. The predicted molar refractivity (Wildman–Crippen MR) is 154 cm³/mol. The lowest BCUT2D eigenvalue weighted by atomic mass is 9.94. The number of hydrogen-bond donors (Lipinski definition) is 2. The highest BCUT2D eigenvalue weighted by atomic mass is 19.1. The van der Waals surface area contributed by atoms with Crippen LogP contribution in [0.2, 0.25) is 0 Å². The maximum atomic E-state index is 13.9. The summed E-state index contributed by atoms with van der Waals surface area (Å²) in [5, 5.41) is 5.90. The molecule has 0 bridgehead atoms. The molecule has 0 spiro atoms. The van der Waals surface area contributed by atoms with E-state index in [4.69, 9.17) is 0 Å². The number of hydrogen-bond acceptors (Lipinski definition) is 4. The number of rotatable bonds is 10. The minimum absolute atomic E-state index is 0.0377. The standard InChI is InChI=1S/C32H37FN4O3/c1-22-19-23(2)21-27(20-22)37(30(39)13-8-12-29(38)36-28-11-6-7-18-34-28)31(24-14-16-25(33)17-15-24)32(40)35-26-9-4-3-5-10-26/h6-7,11,14-21,26,31H,3-5,8-10,12-13H2,1-2H3,(H,35,40)(H,34,36,38). The molecule has 1 unspecified atom stereocenters. The number of aromatic nitrogens is 1. The molecule has 4 rings (SSSR count). The van der Waals surface area contributed by atoms with Crippen LogP contribution in [-0.2, 0) is 14.4 Å². The topological polar surface area (TPSA) is 91.4 Å². The van der Waals surface area contributed by atoms with Crippen LogP contribution in [0.4, 0.5) is 15.9 Å². The quantitative estimate of drug-likeness (QED) is 0.319. The molecule has 1 aliphatic carbocycles. The van der Waals surface area contributed by atoms with Crippen LogP contribution < -0.4 is 15.5 Å². The molecule has 1 atom stereocenters. The van der Waals surface area contributed by atoms with Crippen LogP contribution in [0.3, 0.4) is 0 Å². The van der Waals surface area contributed by atoms with E-state index in [2.05, 4.69) is 15.6 Å². The molecule has 1 aliphatic rings. The van der Waals surface area contributed by atoms with E-state index in [1.165, 1.54) is 17.0 Å². The Morgan fingerprint density at radius 2 is 1.65 bits per heavy atom. The summed E-state index contributed by atoms with van der Waals surface area (Å²) in [6.07, 6.45) is 7.09. The normalized spacial score (nSPS) is 14.3. The Morgan fingerprint density at radius 3 is 2.30 bits per heavy atom. The van der Waals surface area contributed by atoms with Gasteiger partial charge in [0.2, 0.25) is 17.7 Å². The molecule has 2 aromatic carbocycles. The van der Waals surface area contributed by atoms with E-state index in [1.54, 1.807) is 36.5 Å². The van der Waals surface area contributed by atoms with Crippen LogP contribution in [0, 0.1) is 19.7 Å². The number of nitrogens with one attached hydrogen (secondary N) is 2. The molecule has 3 amide bonds. The summed E-state index contributed by atoms with van der Waals surface area (Å²) >= 11 is 0. The van der Waals surface area contributed by atoms with Gasteiger partial charge in [0.05, 0.1) is 0 Å². The Bertz CT molecular complexity index is 1290. The van der Waals surface area contributed by atoms with E-state index in [9.17, 15) is 18.8 Å². The summed E-state index contributed by atoms with van der Waals surface area (Å²) in [5.74, 6) is -0.790. The Hall–Kier alpha value is -4.07. The van der Waals surface area contributed by atoms with Crippen LogP contribution in [0.15, 0.2) is 66.9 Å². The predicted octanol–water partition coefficient (Wildman–Crippen LogP) is 6.17. The summed E-state index contributed by atoms with van der Waals surface area (Å²) in [7, 11) is 0. The minimum atomic E-state index is -0.987. The van der Waals surface area contributed by atoms with Crippen molar-refractivity contribution in [2.75, 3.05) is 10.2 Å². The van der Waals surface area contributed by atoms with E-state index < -0.39 is 11.9 Å². The number of carbonyl (C=O) groups excluding carboxylic acids is 3. The van der Waals surface area contributed by atoms with Gasteiger partial charge in [-0.1, -0.05) is 43.5 Å². The SMILES string of the molecule is Cc1cc(C)cc(N(C(=O)CCCC(=O)Nc2ccccn2)C(C(=O)NC2CCCCC2)c2ccc(F)cc2)c1. The molecular formula is C32H37FN4O3. The first-order valence-corrected chi connectivity index (χ1v) is 14.0. The van der Waals surface area contributed by atoms with Gasteiger partial charge in [0.25, 0.3) is 0 Å². The van der Waals surface area contributed by atoms with Crippen molar-refractivity contribution in [2.24, 2.45) is 0 Å². The molecule has 0 radical (unpaired) electrons. The number of nitrogens with zero attached hydrogens (tertiary/aromatic N) is 2. The summed E-state index contributed by atoms with van der Waals surface area (Å²) in [6, 6.07) is 15.8. The zero-order chi connectivity index (χ0) is 28.5. The van der Waals surface area contributed by atoms with Crippen LogP contribution in [0.25, 0.3) is 0 Å². The fourth-order valence-electron chi connectivity index (χ4n) is 5.28. The van der Waals surface area contributed by atoms with E-state index >= 15 is 0 Å². The third-order valence-electron chi connectivity index (χ3n) is 7.12. The first kappa shape index (κ1) is 28.9. The second kappa shape index (κ2) is 13.8. The Labute approximate surface area is 235 Å². The van der Waals surface area contributed by atoms with Crippen LogP contribution in [-0.4, -0.2) is 28.7 Å². The molecule has 8 heteroatoms. The molecule has 210 valence electrons. The van der Waals surface area contributed by atoms with Gasteiger partial charge in [-0.05, 0) is 86.2 Å². The van der Waals surface area contributed by atoms with Gasteiger partial charge in [0, 0.05) is 30.8 Å². The highest BCUT2D eigenvalue weighted by Crippen LogP contribution is 2.31. The van der Waals surface area contributed by atoms with Crippen LogP contribution in [0.1, 0.15) is 74.1 Å².